The van der Waals surface area contributed by atoms with E-state index in [1.165, 1.54) is 19.3 Å². The van der Waals surface area contributed by atoms with Crippen LogP contribution in [0.5, 0.6) is 0 Å². The van der Waals surface area contributed by atoms with Crippen molar-refractivity contribution in [3.63, 3.8) is 0 Å². The summed E-state index contributed by atoms with van der Waals surface area (Å²) in [5.74, 6) is -0.465. The first-order valence-corrected chi connectivity index (χ1v) is 6.10. The highest BCUT2D eigenvalue weighted by Gasteiger charge is 2.28. The van der Waals surface area contributed by atoms with E-state index in [9.17, 15) is 9.90 Å². The molecule has 1 fully saturated rings. The summed E-state index contributed by atoms with van der Waals surface area (Å²) < 4.78 is 0. The van der Waals surface area contributed by atoms with Gasteiger partial charge in [-0.25, -0.2) is 0 Å². The monoisotopic (exact) mass is 213 g/mol. The fourth-order valence-electron chi connectivity index (χ4n) is 2.41. The number of aliphatic carboxylic acids is 1. The Morgan fingerprint density at radius 2 is 1.53 bits per heavy atom. The SMILES string of the molecule is CC(C)C(C(=O)O)N1CCCCCCC1. The molecule has 1 unspecified atom stereocenters. The van der Waals surface area contributed by atoms with Crippen LogP contribution in [0.1, 0.15) is 46.0 Å². The van der Waals surface area contributed by atoms with Crippen molar-refractivity contribution >= 4 is 5.97 Å². The van der Waals surface area contributed by atoms with Crippen LogP contribution in [0.25, 0.3) is 0 Å². The normalized spacial score (nSPS) is 22.1. The molecule has 0 saturated carbocycles. The fourth-order valence-corrected chi connectivity index (χ4v) is 2.41. The molecule has 1 heterocycles. The van der Waals surface area contributed by atoms with Gasteiger partial charge in [-0.15, -0.1) is 0 Å². The Bertz CT molecular complexity index is 196. The Morgan fingerprint density at radius 3 is 1.93 bits per heavy atom. The van der Waals surface area contributed by atoms with Crippen molar-refractivity contribution in [3.8, 4) is 0 Å². The third kappa shape index (κ3) is 3.82. The molecule has 1 atom stereocenters. The van der Waals surface area contributed by atoms with E-state index in [4.69, 9.17) is 0 Å². The van der Waals surface area contributed by atoms with Crippen molar-refractivity contribution in [2.75, 3.05) is 13.1 Å². The lowest BCUT2D eigenvalue weighted by atomic mass is 10.00. The van der Waals surface area contributed by atoms with Gasteiger partial charge in [0.05, 0.1) is 0 Å². The molecule has 0 spiro atoms. The first kappa shape index (κ1) is 12.5. The van der Waals surface area contributed by atoms with E-state index in [1.807, 2.05) is 13.8 Å². The van der Waals surface area contributed by atoms with E-state index < -0.39 is 5.97 Å². The number of rotatable bonds is 3. The predicted molar refractivity (Wildman–Crippen MR) is 60.9 cm³/mol. The minimum Gasteiger partial charge on any atom is -0.480 e. The van der Waals surface area contributed by atoms with E-state index in [2.05, 4.69) is 4.90 Å². The smallest absolute Gasteiger partial charge is 0.321 e. The molecule has 1 saturated heterocycles. The first-order valence-electron chi connectivity index (χ1n) is 6.10. The van der Waals surface area contributed by atoms with Crippen molar-refractivity contribution < 1.29 is 9.90 Å². The average molecular weight is 213 g/mol. The van der Waals surface area contributed by atoms with Gasteiger partial charge in [0.15, 0.2) is 0 Å². The standard InChI is InChI=1S/C12H23NO2/c1-10(2)11(12(14)15)13-8-6-4-3-5-7-9-13/h10-11H,3-9H2,1-2H3,(H,14,15). The lowest BCUT2D eigenvalue weighted by molar-refractivity contribution is -0.145. The average Bonchev–Trinajstić information content (AvgIpc) is 2.07. The lowest BCUT2D eigenvalue weighted by Gasteiger charge is -2.32. The van der Waals surface area contributed by atoms with Gasteiger partial charge in [0, 0.05) is 0 Å². The molecule has 0 bridgehead atoms. The number of hydrogen-bond acceptors (Lipinski definition) is 2. The van der Waals surface area contributed by atoms with Crippen molar-refractivity contribution in [2.24, 2.45) is 5.92 Å². The highest BCUT2D eigenvalue weighted by Crippen LogP contribution is 2.17. The van der Waals surface area contributed by atoms with Gasteiger partial charge in [-0.05, 0) is 31.8 Å². The highest BCUT2D eigenvalue weighted by molar-refractivity contribution is 5.73. The van der Waals surface area contributed by atoms with Crippen molar-refractivity contribution in [1.82, 2.24) is 4.90 Å². The van der Waals surface area contributed by atoms with Gasteiger partial charge in [-0.2, -0.15) is 0 Å². The van der Waals surface area contributed by atoms with Crippen LogP contribution in [0.2, 0.25) is 0 Å². The maximum Gasteiger partial charge on any atom is 0.321 e. The van der Waals surface area contributed by atoms with Crippen LogP contribution in [-0.4, -0.2) is 35.1 Å². The highest BCUT2D eigenvalue weighted by atomic mass is 16.4. The topological polar surface area (TPSA) is 40.5 Å². The molecular formula is C12H23NO2. The van der Waals surface area contributed by atoms with Crippen LogP contribution < -0.4 is 0 Å². The van der Waals surface area contributed by atoms with E-state index in [0.29, 0.717) is 0 Å². The van der Waals surface area contributed by atoms with E-state index in [-0.39, 0.29) is 12.0 Å². The minimum absolute atomic E-state index is 0.196. The van der Waals surface area contributed by atoms with Gasteiger partial charge in [-0.1, -0.05) is 33.1 Å². The molecule has 1 rings (SSSR count). The van der Waals surface area contributed by atoms with Crippen LogP contribution in [0.3, 0.4) is 0 Å². The lowest BCUT2D eigenvalue weighted by Crippen LogP contribution is -2.46. The predicted octanol–water partition coefficient (Wildman–Crippen LogP) is 2.36. The van der Waals surface area contributed by atoms with Crippen molar-refractivity contribution in [1.29, 1.82) is 0 Å². The van der Waals surface area contributed by atoms with Crippen LogP contribution in [0.4, 0.5) is 0 Å². The second kappa shape index (κ2) is 6.11. The summed E-state index contributed by atoms with van der Waals surface area (Å²) >= 11 is 0. The molecular weight excluding hydrogens is 190 g/mol. The molecule has 0 aromatic rings. The Kier molecular flexibility index (Phi) is 5.09. The van der Waals surface area contributed by atoms with Gasteiger partial charge in [0.25, 0.3) is 0 Å². The van der Waals surface area contributed by atoms with Gasteiger partial charge >= 0.3 is 5.97 Å². The number of nitrogens with zero attached hydrogens (tertiary/aromatic N) is 1. The van der Waals surface area contributed by atoms with Gasteiger partial charge in [0.1, 0.15) is 6.04 Å². The molecule has 3 heteroatoms. The largest absolute Gasteiger partial charge is 0.480 e. The van der Waals surface area contributed by atoms with E-state index >= 15 is 0 Å². The molecule has 0 aliphatic carbocycles. The molecule has 0 aromatic carbocycles. The van der Waals surface area contributed by atoms with E-state index in [0.717, 1.165) is 25.9 Å². The third-order valence-electron chi connectivity index (χ3n) is 3.17. The van der Waals surface area contributed by atoms with Crippen LogP contribution in [-0.2, 0) is 4.79 Å². The Hall–Kier alpha value is -0.570. The van der Waals surface area contributed by atoms with Crippen molar-refractivity contribution in [2.45, 2.75) is 52.0 Å². The number of likely N-dealkylation sites (tertiary alicyclic amines) is 1. The van der Waals surface area contributed by atoms with E-state index in [1.54, 1.807) is 0 Å². The van der Waals surface area contributed by atoms with Gasteiger partial charge < -0.3 is 5.11 Å². The third-order valence-corrected chi connectivity index (χ3v) is 3.17. The molecule has 1 N–H and O–H groups in total. The zero-order valence-electron chi connectivity index (χ0n) is 9.91. The first-order chi connectivity index (χ1) is 7.13. The zero-order chi connectivity index (χ0) is 11.3. The minimum atomic E-state index is -0.662. The summed E-state index contributed by atoms with van der Waals surface area (Å²) in [6.45, 7) is 5.90. The van der Waals surface area contributed by atoms with Gasteiger partial charge in [0.2, 0.25) is 0 Å². The summed E-state index contributed by atoms with van der Waals surface area (Å²) in [7, 11) is 0. The van der Waals surface area contributed by atoms with Crippen LogP contribution in [0.15, 0.2) is 0 Å². The Labute approximate surface area is 92.5 Å². The quantitative estimate of drug-likeness (QED) is 0.782. The maximum absolute atomic E-state index is 11.2. The fraction of sp³-hybridized carbons (Fsp3) is 0.917. The van der Waals surface area contributed by atoms with Crippen molar-refractivity contribution in [3.05, 3.63) is 0 Å². The maximum atomic E-state index is 11.2. The molecule has 1 aliphatic rings. The second-order valence-corrected chi connectivity index (χ2v) is 4.83. The van der Waals surface area contributed by atoms with Crippen LogP contribution in [0, 0.1) is 5.92 Å². The molecule has 3 nitrogen and oxygen atoms in total. The molecule has 88 valence electrons. The summed E-state index contributed by atoms with van der Waals surface area (Å²) in [5, 5.41) is 9.22. The van der Waals surface area contributed by atoms with Gasteiger partial charge in [-0.3, -0.25) is 9.69 Å². The summed E-state index contributed by atoms with van der Waals surface area (Å²) in [6.07, 6.45) is 6.11. The van der Waals surface area contributed by atoms with Crippen LogP contribution >= 0.6 is 0 Å². The molecule has 15 heavy (non-hydrogen) atoms. The summed E-state index contributed by atoms with van der Waals surface area (Å²) in [6, 6.07) is -0.289. The second-order valence-electron chi connectivity index (χ2n) is 4.83. The number of carboxylic acid groups (broad SMARTS) is 1. The number of carbonyl (C=O) groups is 1. The molecule has 0 aromatic heterocycles. The summed E-state index contributed by atoms with van der Waals surface area (Å²) in [5.41, 5.74) is 0. The Morgan fingerprint density at radius 1 is 1.07 bits per heavy atom. The number of hydrogen-bond donors (Lipinski definition) is 1. The molecule has 0 radical (unpaired) electrons. The Balaban J connectivity index is 2.59. The summed E-state index contributed by atoms with van der Waals surface area (Å²) in [4.78, 5) is 13.4. The number of carboxylic acids is 1. The molecule has 0 amide bonds. The molecule has 1 aliphatic heterocycles. The zero-order valence-corrected chi connectivity index (χ0v) is 9.91.